The van der Waals surface area contributed by atoms with Crippen LogP contribution in [0, 0.1) is 0 Å². The van der Waals surface area contributed by atoms with Crippen LogP contribution in [-0.4, -0.2) is 39.4 Å². The number of hydrogen-bond acceptors (Lipinski definition) is 4. The molecule has 0 bridgehead atoms. The summed E-state index contributed by atoms with van der Waals surface area (Å²) in [4.78, 5) is 10.8. The molecule has 0 radical (unpaired) electrons. The van der Waals surface area contributed by atoms with Crippen molar-refractivity contribution in [3.63, 3.8) is 0 Å². The Balaban J connectivity index is 2.84. The van der Waals surface area contributed by atoms with Crippen molar-refractivity contribution in [3.05, 3.63) is 11.5 Å². The first kappa shape index (κ1) is 19.0. The van der Waals surface area contributed by atoms with Gasteiger partial charge in [0.2, 0.25) is 0 Å². The average Bonchev–Trinajstić information content (AvgIpc) is 2.70. The fraction of sp³-hybridized carbons (Fsp3) is 0.769. The largest absolute Gasteiger partial charge is 0.511 e. The van der Waals surface area contributed by atoms with Gasteiger partial charge in [-0.3, -0.25) is 0 Å². The number of cyclic esters (lactones) is 2. The van der Waals surface area contributed by atoms with Crippen LogP contribution in [0.25, 0.3) is 0 Å². The van der Waals surface area contributed by atoms with Gasteiger partial charge >= 0.3 is 18.1 Å². The Hall–Kier alpha value is -1.09. The number of hydrogen-bond donors (Lipinski definition) is 0. The van der Waals surface area contributed by atoms with Crippen LogP contribution in [0.3, 0.4) is 0 Å². The van der Waals surface area contributed by atoms with Crippen LogP contribution in [0.5, 0.6) is 0 Å². The van der Waals surface area contributed by atoms with Crippen molar-refractivity contribution in [3.8, 4) is 0 Å². The van der Waals surface area contributed by atoms with Gasteiger partial charge in [-0.1, -0.05) is 33.9 Å². The summed E-state index contributed by atoms with van der Waals surface area (Å²) in [6.07, 6.45) is -5.47. The molecule has 1 unspecified atom stereocenters. The molecule has 1 aliphatic heterocycles. The van der Waals surface area contributed by atoms with Crippen molar-refractivity contribution in [2.45, 2.75) is 50.9 Å². The summed E-state index contributed by atoms with van der Waals surface area (Å²) < 4.78 is 66.0. The van der Waals surface area contributed by atoms with E-state index in [1.54, 1.807) is 13.1 Å². The molecule has 4 nitrogen and oxygen atoms in total. The lowest BCUT2D eigenvalue weighted by molar-refractivity contribution is -0.346. The van der Waals surface area contributed by atoms with Crippen molar-refractivity contribution in [2.24, 2.45) is 0 Å². The maximum Gasteiger partial charge on any atom is 0.511 e. The lowest BCUT2D eigenvalue weighted by atomic mass is 10.2. The molecule has 128 valence electrons. The SMILES string of the molecule is CC(C)(C)[Si](C)(C)/C(F)=C/COC1(C(F)(F)F)COC(=O)O1. The number of rotatable bonds is 4. The van der Waals surface area contributed by atoms with Crippen LogP contribution in [0.1, 0.15) is 20.8 Å². The number of ether oxygens (including phenoxy) is 3. The van der Waals surface area contributed by atoms with Gasteiger partial charge in [0.05, 0.1) is 12.1 Å². The molecule has 1 saturated heterocycles. The summed E-state index contributed by atoms with van der Waals surface area (Å²) in [5, 5.41) is -0.307. The Morgan fingerprint density at radius 1 is 1.36 bits per heavy atom. The first-order chi connectivity index (χ1) is 9.73. The highest BCUT2D eigenvalue weighted by Gasteiger charge is 2.64. The molecule has 1 aliphatic rings. The smallest absolute Gasteiger partial charge is 0.427 e. The predicted molar refractivity (Wildman–Crippen MR) is 73.6 cm³/mol. The minimum Gasteiger partial charge on any atom is -0.427 e. The van der Waals surface area contributed by atoms with Crippen LogP contribution in [0.2, 0.25) is 18.1 Å². The molecule has 1 atom stereocenters. The van der Waals surface area contributed by atoms with Crippen molar-refractivity contribution in [1.82, 2.24) is 0 Å². The minimum atomic E-state index is -4.97. The fourth-order valence-corrected chi connectivity index (χ4v) is 2.81. The van der Waals surface area contributed by atoms with E-state index in [1.165, 1.54) is 0 Å². The highest BCUT2D eigenvalue weighted by atomic mass is 28.3. The van der Waals surface area contributed by atoms with E-state index in [2.05, 4.69) is 14.2 Å². The van der Waals surface area contributed by atoms with E-state index in [-0.39, 0.29) is 5.04 Å². The molecule has 0 aromatic carbocycles. The predicted octanol–water partition coefficient (Wildman–Crippen LogP) is 4.33. The van der Waals surface area contributed by atoms with E-state index in [4.69, 9.17) is 0 Å². The summed E-state index contributed by atoms with van der Waals surface area (Å²) in [5.41, 5.74) is -0.470. The lowest BCUT2D eigenvalue weighted by Crippen LogP contribution is -2.50. The van der Waals surface area contributed by atoms with Crippen LogP contribution in [-0.2, 0) is 14.2 Å². The molecular weight excluding hydrogens is 324 g/mol. The van der Waals surface area contributed by atoms with E-state index >= 15 is 0 Å². The van der Waals surface area contributed by atoms with Crippen molar-refractivity contribution in [1.29, 1.82) is 0 Å². The zero-order valence-corrected chi connectivity index (χ0v) is 14.1. The third-order valence-corrected chi connectivity index (χ3v) is 9.26. The fourth-order valence-electron chi connectivity index (χ4n) is 1.50. The Morgan fingerprint density at radius 2 is 1.91 bits per heavy atom. The van der Waals surface area contributed by atoms with Gasteiger partial charge in [0.15, 0.2) is 6.61 Å². The summed E-state index contributed by atoms with van der Waals surface area (Å²) in [6.45, 7) is 7.39. The van der Waals surface area contributed by atoms with Crippen molar-refractivity contribution in [2.75, 3.05) is 13.2 Å². The summed E-state index contributed by atoms with van der Waals surface area (Å²) in [7, 11) is -2.47. The first-order valence-corrected chi connectivity index (χ1v) is 9.65. The molecule has 0 spiro atoms. The number of halogens is 4. The molecule has 0 saturated carbocycles. The molecule has 1 fully saturated rings. The van der Waals surface area contributed by atoms with E-state index in [9.17, 15) is 22.4 Å². The first-order valence-electron chi connectivity index (χ1n) is 6.65. The Bertz CT molecular complexity index is 468. The van der Waals surface area contributed by atoms with Crippen LogP contribution in [0.4, 0.5) is 22.4 Å². The molecule has 0 N–H and O–H groups in total. The quantitative estimate of drug-likeness (QED) is 0.433. The van der Waals surface area contributed by atoms with Crippen molar-refractivity contribution < 1.29 is 36.6 Å². The highest BCUT2D eigenvalue weighted by Crippen LogP contribution is 2.42. The standard InChI is InChI=1S/C13H20F4O4Si/c1-11(2,3)22(4,5)9(14)6-7-20-12(13(15,16)17)8-19-10(18)21-12/h6H,7-8H2,1-5H3/b9-6+. The van der Waals surface area contributed by atoms with Gasteiger partial charge in [0.1, 0.15) is 8.07 Å². The number of alkyl halides is 3. The third kappa shape index (κ3) is 3.62. The third-order valence-electron chi connectivity index (χ3n) is 4.11. The van der Waals surface area contributed by atoms with Gasteiger partial charge in [-0.15, -0.1) is 0 Å². The average molecular weight is 344 g/mol. The second kappa shape index (κ2) is 5.84. The van der Waals surface area contributed by atoms with E-state index < -0.39 is 44.9 Å². The molecule has 0 aromatic heterocycles. The molecule has 9 heteroatoms. The van der Waals surface area contributed by atoms with E-state index in [0.717, 1.165) is 6.08 Å². The number of carbonyl (C=O) groups excluding carboxylic acids is 1. The van der Waals surface area contributed by atoms with Crippen molar-refractivity contribution >= 4 is 14.2 Å². The normalized spacial score (nSPS) is 24.2. The summed E-state index contributed by atoms with van der Waals surface area (Å²) in [5.74, 6) is -3.17. The van der Waals surface area contributed by atoms with Crippen LogP contribution >= 0.6 is 0 Å². The summed E-state index contributed by atoms with van der Waals surface area (Å²) >= 11 is 0. The second-order valence-electron chi connectivity index (χ2n) is 6.63. The van der Waals surface area contributed by atoms with Gasteiger partial charge < -0.3 is 14.2 Å². The summed E-state index contributed by atoms with van der Waals surface area (Å²) in [6, 6.07) is 0. The lowest BCUT2D eigenvalue weighted by Gasteiger charge is -2.35. The second-order valence-corrected chi connectivity index (χ2v) is 11.9. The Labute approximate surface area is 127 Å². The van der Waals surface area contributed by atoms with Gasteiger partial charge in [0.25, 0.3) is 0 Å². The monoisotopic (exact) mass is 344 g/mol. The highest BCUT2D eigenvalue weighted by molar-refractivity contribution is 6.86. The molecule has 22 heavy (non-hydrogen) atoms. The molecular formula is C13H20F4O4Si. The Kier molecular flexibility index (Phi) is 5.03. The van der Waals surface area contributed by atoms with E-state index in [1.807, 2.05) is 20.8 Å². The maximum absolute atomic E-state index is 14.3. The van der Waals surface area contributed by atoms with Gasteiger partial charge in [-0.25, -0.2) is 9.18 Å². The minimum absolute atomic E-state index is 0.307. The molecule has 1 rings (SSSR count). The molecule has 0 amide bonds. The Morgan fingerprint density at radius 3 is 2.27 bits per heavy atom. The molecule has 0 aromatic rings. The topological polar surface area (TPSA) is 44.8 Å². The molecule has 0 aliphatic carbocycles. The maximum atomic E-state index is 14.3. The zero-order valence-electron chi connectivity index (χ0n) is 13.1. The zero-order chi connectivity index (χ0) is 17.4. The van der Waals surface area contributed by atoms with Crippen LogP contribution in [0.15, 0.2) is 11.5 Å². The molecule has 1 heterocycles. The van der Waals surface area contributed by atoms with Gasteiger partial charge in [-0.05, 0) is 11.1 Å². The van der Waals surface area contributed by atoms with Gasteiger partial charge in [-0.2, -0.15) is 13.2 Å². The van der Waals surface area contributed by atoms with Gasteiger partial charge in [0, 0.05) is 0 Å². The van der Waals surface area contributed by atoms with E-state index in [0.29, 0.717) is 0 Å². The van der Waals surface area contributed by atoms with Crippen LogP contribution < -0.4 is 0 Å². The number of carbonyl (C=O) groups is 1.